The van der Waals surface area contributed by atoms with Gasteiger partial charge >= 0.3 is 0 Å². The molecule has 4 nitrogen and oxygen atoms in total. The van der Waals surface area contributed by atoms with Crippen molar-refractivity contribution in [2.45, 2.75) is 25.0 Å². The van der Waals surface area contributed by atoms with Gasteiger partial charge in [0.15, 0.2) is 0 Å². The van der Waals surface area contributed by atoms with Crippen molar-refractivity contribution in [3.8, 4) is 5.69 Å². The van der Waals surface area contributed by atoms with E-state index < -0.39 is 6.10 Å². The van der Waals surface area contributed by atoms with E-state index in [1.807, 2.05) is 36.4 Å². The molecule has 2 atom stereocenters. The van der Waals surface area contributed by atoms with Crippen molar-refractivity contribution < 1.29 is 9.84 Å². The molecule has 0 aliphatic heterocycles. The smallest absolute Gasteiger partial charge is 0.122 e. The van der Waals surface area contributed by atoms with Crippen LogP contribution in [0.3, 0.4) is 0 Å². The van der Waals surface area contributed by atoms with Crippen LogP contribution < -0.4 is 0 Å². The molecule has 4 heteroatoms. The average molecular weight is 258 g/mol. The highest BCUT2D eigenvalue weighted by Gasteiger charge is 2.38. The van der Waals surface area contributed by atoms with Gasteiger partial charge in [-0.1, -0.05) is 18.2 Å². The van der Waals surface area contributed by atoms with Gasteiger partial charge in [-0.2, -0.15) is 5.10 Å². The Hall–Kier alpha value is -1.65. The molecule has 2 aromatic rings. The summed E-state index contributed by atoms with van der Waals surface area (Å²) in [6.07, 6.45) is 3.20. The van der Waals surface area contributed by atoms with Crippen LogP contribution in [0.2, 0.25) is 0 Å². The molecule has 0 saturated heterocycles. The Bertz CT molecular complexity index is 534. The minimum Gasteiger partial charge on any atom is -0.384 e. The lowest BCUT2D eigenvalue weighted by atomic mass is 10.1. The van der Waals surface area contributed by atoms with E-state index in [0.717, 1.165) is 24.2 Å². The summed E-state index contributed by atoms with van der Waals surface area (Å²) in [5.74, 6) is 0.471. The number of hydrogen-bond acceptors (Lipinski definition) is 3. The minimum atomic E-state index is -0.639. The fourth-order valence-electron chi connectivity index (χ4n) is 2.49. The third-order valence-electron chi connectivity index (χ3n) is 3.65. The number of methoxy groups -OCH3 is 1. The lowest BCUT2D eigenvalue weighted by molar-refractivity contribution is -0.0289. The van der Waals surface area contributed by atoms with E-state index in [0.29, 0.717) is 5.92 Å². The van der Waals surface area contributed by atoms with Crippen LogP contribution in [0.1, 0.15) is 24.6 Å². The van der Waals surface area contributed by atoms with Crippen LogP contribution in [0.4, 0.5) is 0 Å². The van der Waals surface area contributed by atoms with Crippen LogP contribution in [0.25, 0.3) is 5.69 Å². The second-order valence-electron chi connectivity index (χ2n) is 4.99. The van der Waals surface area contributed by atoms with Gasteiger partial charge in [0.2, 0.25) is 0 Å². The van der Waals surface area contributed by atoms with Gasteiger partial charge in [0, 0.05) is 13.3 Å². The molecular weight excluding hydrogens is 240 g/mol. The molecule has 1 N–H and O–H groups in total. The number of hydrogen-bond donors (Lipinski definition) is 1. The highest BCUT2D eigenvalue weighted by atomic mass is 16.5. The Morgan fingerprint density at radius 1 is 1.26 bits per heavy atom. The van der Waals surface area contributed by atoms with E-state index in [-0.39, 0.29) is 6.10 Å². The van der Waals surface area contributed by atoms with Crippen molar-refractivity contribution in [1.29, 1.82) is 0 Å². The van der Waals surface area contributed by atoms with Gasteiger partial charge in [-0.05, 0) is 37.0 Å². The van der Waals surface area contributed by atoms with Crippen LogP contribution in [0, 0.1) is 5.92 Å². The van der Waals surface area contributed by atoms with Crippen molar-refractivity contribution >= 4 is 0 Å². The number of aromatic nitrogens is 2. The summed E-state index contributed by atoms with van der Waals surface area (Å²) < 4.78 is 7.24. The molecule has 0 bridgehead atoms. The maximum atomic E-state index is 10.5. The van der Waals surface area contributed by atoms with Crippen LogP contribution in [-0.4, -0.2) is 28.1 Å². The molecule has 0 amide bonds. The standard InChI is InChI=1S/C15H18N2O2/c1-19-15(11-7-8-11)14(18)13-9-10-16-17(13)12-5-3-2-4-6-12/h2-6,9-11,14-15,18H,7-8H2,1H3. The van der Waals surface area contributed by atoms with Crippen molar-refractivity contribution in [2.24, 2.45) is 5.92 Å². The lowest BCUT2D eigenvalue weighted by Gasteiger charge is -2.22. The quantitative estimate of drug-likeness (QED) is 0.895. The summed E-state index contributed by atoms with van der Waals surface area (Å²) in [4.78, 5) is 0. The molecule has 1 aliphatic carbocycles. The Morgan fingerprint density at radius 3 is 2.63 bits per heavy atom. The van der Waals surface area contributed by atoms with Crippen LogP contribution >= 0.6 is 0 Å². The fourth-order valence-corrected chi connectivity index (χ4v) is 2.49. The second kappa shape index (κ2) is 5.15. The number of para-hydroxylation sites is 1. The Labute approximate surface area is 112 Å². The van der Waals surface area contributed by atoms with Gasteiger partial charge in [-0.15, -0.1) is 0 Å². The molecule has 1 aliphatic rings. The Balaban J connectivity index is 1.91. The molecular formula is C15H18N2O2. The summed E-state index contributed by atoms with van der Waals surface area (Å²) in [7, 11) is 1.66. The van der Waals surface area contributed by atoms with Gasteiger partial charge < -0.3 is 9.84 Å². The maximum Gasteiger partial charge on any atom is 0.122 e. The molecule has 3 rings (SSSR count). The van der Waals surface area contributed by atoms with E-state index >= 15 is 0 Å². The Morgan fingerprint density at radius 2 is 2.00 bits per heavy atom. The molecule has 0 spiro atoms. The van der Waals surface area contributed by atoms with E-state index in [1.54, 1.807) is 18.0 Å². The first-order chi connectivity index (χ1) is 9.31. The van der Waals surface area contributed by atoms with E-state index in [9.17, 15) is 5.11 Å². The van der Waals surface area contributed by atoms with Crippen LogP contribution in [0.15, 0.2) is 42.6 Å². The summed E-state index contributed by atoms with van der Waals surface area (Å²) in [5.41, 5.74) is 1.73. The number of rotatable bonds is 5. The molecule has 1 heterocycles. The fraction of sp³-hybridized carbons (Fsp3) is 0.400. The zero-order valence-corrected chi connectivity index (χ0v) is 10.9. The van der Waals surface area contributed by atoms with Gasteiger partial charge in [0.05, 0.1) is 17.5 Å². The summed E-state index contributed by atoms with van der Waals surface area (Å²) in [5, 5.41) is 14.8. The van der Waals surface area contributed by atoms with Gasteiger partial charge in [0.25, 0.3) is 0 Å². The van der Waals surface area contributed by atoms with Gasteiger partial charge in [-0.3, -0.25) is 0 Å². The molecule has 0 radical (unpaired) electrons. The molecule has 1 aromatic carbocycles. The molecule has 19 heavy (non-hydrogen) atoms. The first kappa shape index (κ1) is 12.4. The van der Waals surface area contributed by atoms with Crippen molar-refractivity contribution in [3.63, 3.8) is 0 Å². The SMILES string of the molecule is COC(C1CC1)C(O)c1ccnn1-c1ccccc1. The van der Waals surface area contributed by atoms with Crippen molar-refractivity contribution in [3.05, 3.63) is 48.3 Å². The van der Waals surface area contributed by atoms with Crippen LogP contribution in [-0.2, 0) is 4.74 Å². The summed E-state index contributed by atoms with van der Waals surface area (Å²) in [6, 6.07) is 11.7. The lowest BCUT2D eigenvalue weighted by Crippen LogP contribution is -2.25. The second-order valence-corrected chi connectivity index (χ2v) is 4.99. The van der Waals surface area contributed by atoms with E-state index in [4.69, 9.17) is 4.74 Å². The first-order valence-corrected chi connectivity index (χ1v) is 6.61. The average Bonchev–Trinajstić information content (AvgIpc) is 3.16. The van der Waals surface area contributed by atoms with Crippen molar-refractivity contribution in [2.75, 3.05) is 7.11 Å². The molecule has 1 fully saturated rings. The Kier molecular flexibility index (Phi) is 3.36. The third-order valence-corrected chi connectivity index (χ3v) is 3.65. The predicted molar refractivity (Wildman–Crippen MR) is 72.0 cm³/mol. The van der Waals surface area contributed by atoms with Gasteiger partial charge in [0.1, 0.15) is 6.10 Å². The number of aliphatic hydroxyl groups excluding tert-OH is 1. The molecule has 1 saturated carbocycles. The summed E-state index contributed by atoms with van der Waals surface area (Å²) >= 11 is 0. The number of ether oxygens (including phenoxy) is 1. The maximum absolute atomic E-state index is 10.5. The zero-order chi connectivity index (χ0) is 13.2. The normalized spacial score (nSPS) is 18.2. The molecule has 100 valence electrons. The highest BCUT2D eigenvalue weighted by Crippen LogP contribution is 2.39. The number of aliphatic hydroxyl groups is 1. The topological polar surface area (TPSA) is 47.3 Å². The van der Waals surface area contributed by atoms with E-state index in [2.05, 4.69) is 5.10 Å². The monoisotopic (exact) mass is 258 g/mol. The van der Waals surface area contributed by atoms with Crippen molar-refractivity contribution in [1.82, 2.24) is 9.78 Å². The van der Waals surface area contributed by atoms with E-state index in [1.165, 1.54) is 0 Å². The minimum absolute atomic E-state index is 0.140. The zero-order valence-electron chi connectivity index (χ0n) is 10.9. The van der Waals surface area contributed by atoms with Gasteiger partial charge in [-0.25, -0.2) is 4.68 Å². The third kappa shape index (κ3) is 2.41. The summed E-state index contributed by atoms with van der Waals surface area (Å²) in [6.45, 7) is 0. The molecule has 1 aromatic heterocycles. The van der Waals surface area contributed by atoms with Crippen LogP contribution in [0.5, 0.6) is 0 Å². The first-order valence-electron chi connectivity index (χ1n) is 6.61. The highest BCUT2D eigenvalue weighted by molar-refractivity contribution is 5.33. The predicted octanol–water partition coefficient (Wildman–Crippen LogP) is 2.33. The molecule has 2 unspecified atom stereocenters. The number of nitrogens with zero attached hydrogens (tertiary/aromatic N) is 2. The largest absolute Gasteiger partial charge is 0.384 e. The number of benzene rings is 1.